The van der Waals surface area contributed by atoms with Crippen LogP contribution in [0.25, 0.3) is 0 Å². The maximum absolute atomic E-state index is 12.9. The van der Waals surface area contributed by atoms with Gasteiger partial charge in [0.25, 0.3) is 0 Å². The number of anilines is 1. The summed E-state index contributed by atoms with van der Waals surface area (Å²) in [5.41, 5.74) is 0.890. The Hall–Kier alpha value is -2.44. The molecule has 1 aromatic heterocycles. The summed E-state index contributed by atoms with van der Waals surface area (Å²) in [6.45, 7) is 0.705. The normalized spacial score (nSPS) is 18.6. The first kappa shape index (κ1) is 14.5. The summed E-state index contributed by atoms with van der Waals surface area (Å²) in [6.07, 6.45) is 3.13. The van der Waals surface area contributed by atoms with Gasteiger partial charge in [0.1, 0.15) is 11.9 Å². The lowest BCUT2D eigenvalue weighted by atomic mass is 10.1. The maximum Gasteiger partial charge on any atom is 0.322 e. The van der Waals surface area contributed by atoms with Crippen molar-refractivity contribution in [3.8, 4) is 0 Å². The van der Waals surface area contributed by atoms with Gasteiger partial charge in [-0.2, -0.15) is 4.98 Å². The van der Waals surface area contributed by atoms with Crippen LogP contribution in [0.3, 0.4) is 0 Å². The molecule has 1 unspecified atom stereocenters. The molecule has 1 amide bonds. The minimum Gasteiger partial charge on any atom is -0.354 e. The Balaban J connectivity index is 1.63. The van der Waals surface area contributed by atoms with Crippen molar-refractivity contribution in [2.75, 3.05) is 11.9 Å². The van der Waals surface area contributed by atoms with E-state index in [0.717, 1.165) is 24.8 Å². The number of nitrogens with zero attached hydrogens (tertiary/aromatic N) is 2. The van der Waals surface area contributed by atoms with Crippen molar-refractivity contribution in [2.24, 2.45) is 0 Å². The summed E-state index contributed by atoms with van der Waals surface area (Å²) in [6, 6.07) is 6.03. The number of hydrogen-bond acceptors (Lipinski definition) is 5. The third-order valence-electron chi connectivity index (χ3n) is 3.58. The van der Waals surface area contributed by atoms with E-state index in [0.29, 0.717) is 18.8 Å². The summed E-state index contributed by atoms with van der Waals surface area (Å²) >= 11 is 0. The van der Waals surface area contributed by atoms with Crippen LogP contribution in [-0.2, 0) is 11.2 Å². The number of aromatic nitrogens is 2. The van der Waals surface area contributed by atoms with Crippen LogP contribution < -0.4 is 10.6 Å². The molecule has 0 radical (unpaired) electrons. The summed E-state index contributed by atoms with van der Waals surface area (Å²) in [4.78, 5) is 16.1. The molecule has 1 atom stereocenters. The Kier molecular flexibility index (Phi) is 4.32. The molecular weight excluding hydrogens is 287 g/mol. The van der Waals surface area contributed by atoms with E-state index in [2.05, 4.69) is 20.8 Å². The fraction of sp³-hybridized carbons (Fsp3) is 0.400. The number of carbonyl (C=O) groups is 1. The number of rotatable bonds is 4. The van der Waals surface area contributed by atoms with Crippen LogP contribution in [0, 0.1) is 5.82 Å². The number of nitrogens with one attached hydrogen (secondary N) is 2. The van der Waals surface area contributed by atoms with E-state index < -0.39 is 0 Å². The van der Waals surface area contributed by atoms with E-state index >= 15 is 0 Å². The minimum absolute atomic E-state index is 0.0456. The number of halogens is 1. The predicted molar refractivity (Wildman–Crippen MR) is 77.8 cm³/mol. The molecule has 22 heavy (non-hydrogen) atoms. The smallest absolute Gasteiger partial charge is 0.322 e. The SMILES string of the molecule is O=C1NCCCCC1Nc1nc(Cc2ccc(F)cc2)no1. The number of hydrogen-bond donors (Lipinski definition) is 2. The van der Waals surface area contributed by atoms with E-state index in [1.54, 1.807) is 12.1 Å². The highest BCUT2D eigenvalue weighted by molar-refractivity contribution is 5.84. The minimum atomic E-state index is -0.346. The van der Waals surface area contributed by atoms with E-state index in [4.69, 9.17) is 4.52 Å². The summed E-state index contributed by atoms with van der Waals surface area (Å²) < 4.78 is 18.0. The molecule has 2 aromatic rings. The largest absolute Gasteiger partial charge is 0.354 e. The third-order valence-corrected chi connectivity index (χ3v) is 3.58. The quantitative estimate of drug-likeness (QED) is 0.901. The molecule has 1 fully saturated rings. The molecule has 0 aliphatic carbocycles. The van der Waals surface area contributed by atoms with Gasteiger partial charge < -0.3 is 15.2 Å². The molecule has 0 bridgehead atoms. The lowest BCUT2D eigenvalue weighted by Gasteiger charge is -2.12. The molecule has 1 aliphatic rings. The monoisotopic (exact) mass is 304 g/mol. The van der Waals surface area contributed by atoms with Gasteiger partial charge in [0, 0.05) is 13.0 Å². The van der Waals surface area contributed by atoms with Gasteiger partial charge in [-0.05, 0) is 37.0 Å². The van der Waals surface area contributed by atoms with Crippen molar-refractivity contribution in [1.82, 2.24) is 15.5 Å². The second kappa shape index (κ2) is 6.55. The first-order chi connectivity index (χ1) is 10.7. The van der Waals surface area contributed by atoms with Gasteiger partial charge in [0.15, 0.2) is 5.82 Å². The average Bonchev–Trinajstić information content (AvgIpc) is 2.85. The highest BCUT2D eigenvalue weighted by Crippen LogP contribution is 2.14. The Morgan fingerprint density at radius 3 is 2.95 bits per heavy atom. The molecule has 2 heterocycles. The maximum atomic E-state index is 12.9. The average molecular weight is 304 g/mol. The van der Waals surface area contributed by atoms with Crippen LogP contribution in [-0.4, -0.2) is 28.6 Å². The van der Waals surface area contributed by atoms with Crippen molar-refractivity contribution in [3.05, 3.63) is 41.5 Å². The van der Waals surface area contributed by atoms with Crippen molar-refractivity contribution >= 4 is 11.9 Å². The number of carbonyl (C=O) groups excluding carboxylic acids is 1. The zero-order valence-electron chi connectivity index (χ0n) is 12.0. The number of amides is 1. The van der Waals surface area contributed by atoms with Crippen molar-refractivity contribution in [3.63, 3.8) is 0 Å². The van der Waals surface area contributed by atoms with Crippen LogP contribution in [0.15, 0.2) is 28.8 Å². The molecule has 1 aliphatic heterocycles. The standard InChI is InChI=1S/C15H17FN4O2/c16-11-6-4-10(5-7-11)9-13-19-15(22-20-13)18-12-3-1-2-8-17-14(12)21/h4-7,12H,1-3,8-9H2,(H,17,21)(H,18,19,20). The summed E-state index contributed by atoms with van der Waals surface area (Å²) in [7, 11) is 0. The topological polar surface area (TPSA) is 80.0 Å². The van der Waals surface area contributed by atoms with Gasteiger partial charge in [0.2, 0.25) is 5.91 Å². The van der Waals surface area contributed by atoms with Crippen LogP contribution in [0.2, 0.25) is 0 Å². The molecule has 116 valence electrons. The molecule has 7 heteroatoms. The molecule has 2 N–H and O–H groups in total. The second-order valence-electron chi connectivity index (χ2n) is 5.30. The Bertz CT molecular complexity index is 641. The van der Waals surface area contributed by atoms with E-state index in [-0.39, 0.29) is 23.8 Å². The van der Waals surface area contributed by atoms with E-state index in [9.17, 15) is 9.18 Å². The second-order valence-corrected chi connectivity index (χ2v) is 5.30. The molecule has 3 rings (SSSR count). The van der Waals surface area contributed by atoms with Gasteiger partial charge in [-0.15, -0.1) is 0 Å². The Labute approximate surface area is 127 Å². The van der Waals surface area contributed by atoms with Crippen LogP contribution in [0.1, 0.15) is 30.7 Å². The molecule has 0 saturated carbocycles. The fourth-order valence-corrected chi connectivity index (χ4v) is 2.40. The van der Waals surface area contributed by atoms with Gasteiger partial charge in [0.05, 0.1) is 0 Å². The number of benzene rings is 1. The summed E-state index contributed by atoms with van der Waals surface area (Å²) in [5, 5.41) is 9.69. The van der Waals surface area contributed by atoms with Crippen LogP contribution in [0.5, 0.6) is 0 Å². The highest BCUT2D eigenvalue weighted by atomic mass is 19.1. The highest BCUT2D eigenvalue weighted by Gasteiger charge is 2.22. The lowest BCUT2D eigenvalue weighted by Crippen LogP contribution is -2.37. The molecule has 0 spiro atoms. The predicted octanol–water partition coefficient (Wildman–Crippen LogP) is 1.88. The van der Waals surface area contributed by atoms with Crippen LogP contribution >= 0.6 is 0 Å². The lowest BCUT2D eigenvalue weighted by molar-refractivity contribution is -0.121. The van der Waals surface area contributed by atoms with Crippen molar-refractivity contribution in [2.45, 2.75) is 31.7 Å². The Morgan fingerprint density at radius 2 is 2.14 bits per heavy atom. The summed E-state index contributed by atoms with van der Waals surface area (Å²) in [5.74, 6) is 0.164. The first-order valence-electron chi connectivity index (χ1n) is 7.32. The van der Waals surface area contributed by atoms with Gasteiger partial charge in [-0.3, -0.25) is 4.79 Å². The van der Waals surface area contributed by atoms with Gasteiger partial charge >= 0.3 is 6.01 Å². The Morgan fingerprint density at radius 1 is 1.32 bits per heavy atom. The fourth-order valence-electron chi connectivity index (χ4n) is 2.40. The molecule has 6 nitrogen and oxygen atoms in total. The zero-order chi connectivity index (χ0) is 15.4. The molecular formula is C15H17FN4O2. The molecule has 1 saturated heterocycles. The van der Waals surface area contributed by atoms with Gasteiger partial charge in [-0.1, -0.05) is 17.3 Å². The van der Waals surface area contributed by atoms with E-state index in [1.165, 1.54) is 12.1 Å². The van der Waals surface area contributed by atoms with Crippen molar-refractivity contribution < 1.29 is 13.7 Å². The van der Waals surface area contributed by atoms with E-state index in [1.807, 2.05) is 0 Å². The first-order valence-corrected chi connectivity index (χ1v) is 7.32. The molecule has 1 aromatic carbocycles. The van der Waals surface area contributed by atoms with Crippen molar-refractivity contribution in [1.29, 1.82) is 0 Å². The van der Waals surface area contributed by atoms with Gasteiger partial charge in [-0.25, -0.2) is 4.39 Å². The van der Waals surface area contributed by atoms with Crippen LogP contribution in [0.4, 0.5) is 10.4 Å². The third kappa shape index (κ3) is 3.60. The zero-order valence-corrected chi connectivity index (χ0v) is 12.0.